The van der Waals surface area contributed by atoms with Gasteiger partial charge >= 0.3 is 0 Å². The van der Waals surface area contributed by atoms with Crippen molar-refractivity contribution >= 4 is 5.91 Å². The minimum Gasteiger partial charge on any atom is -0.497 e. The average Bonchev–Trinajstić information content (AvgIpc) is 2.62. The molecule has 0 saturated heterocycles. The number of nitrogens with one attached hydrogen (secondary N) is 1. The van der Waals surface area contributed by atoms with E-state index in [-0.39, 0.29) is 11.9 Å². The second-order valence-corrected chi connectivity index (χ2v) is 6.72. The Morgan fingerprint density at radius 1 is 1.04 bits per heavy atom. The van der Waals surface area contributed by atoms with Gasteiger partial charge in [-0.25, -0.2) is 0 Å². The number of carbonyl (C=O) groups excluding carboxylic acids is 1. The molecule has 4 nitrogen and oxygen atoms in total. The number of carbonyl (C=O) groups is 1. The van der Waals surface area contributed by atoms with Crippen LogP contribution < -0.4 is 14.8 Å². The van der Waals surface area contributed by atoms with Crippen LogP contribution in [0.2, 0.25) is 0 Å². The number of ether oxygens (including phenoxy) is 2. The normalized spacial score (nSPS) is 13.0. The van der Waals surface area contributed by atoms with E-state index in [0.717, 1.165) is 5.56 Å². The minimum absolute atomic E-state index is 0.0789. The lowest BCUT2D eigenvalue weighted by Crippen LogP contribution is -2.39. The Morgan fingerprint density at radius 3 is 2.35 bits per heavy atom. The van der Waals surface area contributed by atoms with Gasteiger partial charge in [0, 0.05) is 6.07 Å². The molecule has 0 bridgehead atoms. The zero-order chi connectivity index (χ0) is 19.3. The molecule has 2 aromatic carbocycles. The third-order valence-corrected chi connectivity index (χ3v) is 4.69. The summed E-state index contributed by atoms with van der Waals surface area (Å²) in [6, 6.07) is 11.5. The van der Waals surface area contributed by atoms with Crippen LogP contribution in [0.1, 0.15) is 48.6 Å². The van der Waals surface area contributed by atoms with Crippen molar-refractivity contribution in [2.45, 2.75) is 53.2 Å². The highest BCUT2D eigenvalue weighted by atomic mass is 16.5. The Kier molecular flexibility index (Phi) is 6.67. The van der Waals surface area contributed by atoms with Gasteiger partial charge in [0.2, 0.25) is 0 Å². The Balaban J connectivity index is 2.09. The second-order valence-electron chi connectivity index (χ2n) is 6.72. The highest BCUT2D eigenvalue weighted by Crippen LogP contribution is 2.23. The Labute approximate surface area is 156 Å². The molecule has 2 rings (SSSR count). The molecule has 0 spiro atoms. The molecule has 0 saturated carbocycles. The quantitative estimate of drug-likeness (QED) is 0.786. The number of hydrogen-bond acceptors (Lipinski definition) is 3. The lowest BCUT2D eigenvalue weighted by molar-refractivity contribution is -0.128. The maximum atomic E-state index is 12.7. The van der Waals surface area contributed by atoms with Gasteiger partial charge in [0.15, 0.2) is 6.10 Å². The van der Waals surface area contributed by atoms with Crippen LogP contribution in [0.15, 0.2) is 36.4 Å². The molecular formula is C22H29NO3. The van der Waals surface area contributed by atoms with Gasteiger partial charge in [-0.3, -0.25) is 4.79 Å². The van der Waals surface area contributed by atoms with Crippen LogP contribution in [0.25, 0.3) is 0 Å². The van der Waals surface area contributed by atoms with Crippen molar-refractivity contribution in [3.63, 3.8) is 0 Å². The number of amides is 1. The summed E-state index contributed by atoms with van der Waals surface area (Å²) < 4.78 is 11.1. The van der Waals surface area contributed by atoms with E-state index in [1.165, 1.54) is 16.7 Å². The third-order valence-electron chi connectivity index (χ3n) is 4.69. The predicted molar refractivity (Wildman–Crippen MR) is 105 cm³/mol. The molecule has 0 radical (unpaired) electrons. The maximum absolute atomic E-state index is 12.7. The molecule has 4 heteroatoms. The van der Waals surface area contributed by atoms with Crippen LogP contribution in [-0.4, -0.2) is 19.1 Å². The lowest BCUT2D eigenvalue weighted by Gasteiger charge is -2.22. The van der Waals surface area contributed by atoms with Crippen molar-refractivity contribution in [2.75, 3.05) is 7.11 Å². The van der Waals surface area contributed by atoms with Gasteiger partial charge in [-0.05, 0) is 68.5 Å². The zero-order valence-corrected chi connectivity index (χ0v) is 16.6. The van der Waals surface area contributed by atoms with E-state index in [1.54, 1.807) is 13.2 Å². The highest BCUT2D eigenvalue weighted by Gasteiger charge is 2.21. The summed E-state index contributed by atoms with van der Waals surface area (Å²) in [6.07, 6.45) is 0.0400. The van der Waals surface area contributed by atoms with E-state index in [2.05, 4.69) is 38.2 Å². The summed E-state index contributed by atoms with van der Waals surface area (Å²) in [5.74, 6) is 1.22. The van der Waals surface area contributed by atoms with Gasteiger partial charge in [-0.2, -0.15) is 0 Å². The van der Waals surface area contributed by atoms with Gasteiger partial charge < -0.3 is 14.8 Å². The molecule has 26 heavy (non-hydrogen) atoms. The Morgan fingerprint density at radius 2 is 1.69 bits per heavy atom. The summed E-state index contributed by atoms with van der Waals surface area (Å²) in [6.45, 7) is 10.2. The van der Waals surface area contributed by atoms with Crippen LogP contribution in [0.4, 0.5) is 0 Å². The molecule has 2 aromatic rings. The maximum Gasteiger partial charge on any atom is 0.261 e. The first-order valence-corrected chi connectivity index (χ1v) is 9.04. The van der Waals surface area contributed by atoms with E-state index in [0.29, 0.717) is 17.9 Å². The topological polar surface area (TPSA) is 47.6 Å². The van der Waals surface area contributed by atoms with Crippen LogP contribution in [0.3, 0.4) is 0 Å². The van der Waals surface area contributed by atoms with Crippen molar-refractivity contribution in [3.8, 4) is 11.5 Å². The molecule has 2 atom stereocenters. The monoisotopic (exact) mass is 355 g/mol. The Hall–Kier alpha value is -2.49. The van der Waals surface area contributed by atoms with Gasteiger partial charge in [-0.1, -0.05) is 25.1 Å². The Bertz CT molecular complexity index is 770. The van der Waals surface area contributed by atoms with E-state index >= 15 is 0 Å². The predicted octanol–water partition coefficient (Wildman–Crippen LogP) is 4.66. The van der Waals surface area contributed by atoms with Crippen molar-refractivity contribution < 1.29 is 14.3 Å². The number of methoxy groups -OCH3 is 1. The molecular weight excluding hydrogens is 326 g/mol. The summed E-state index contributed by atoms with van der Waals surface area (Å²) in [4.78, 5) is 12.7. The second kappa shape index (κ2) is 8.75. The van der Waals surface area contributed by atoms with Crippen molar-refractivity contribution in [2.24, 2.45) is 0 Å². The zero-order valence-electron chi connectivity index (χ0n) is 16.6. The van der Waals surface area contributed by atoms with E-state index in [9.17, 15) is 4.79 Å². The fourth-order valence-corrected chi connectivity index (χ4v) is 2.99. The molecule has 0 aliphatic rings. The first-order valence-electron chi connectivity index (χ1n) is 9.04. The van der Waals surface area contributed by atoms with Crippen molar-refractivity contribution in [3.05, 3.63) is 58.7 Å². The molecule has 0 aliphatic carbocycles. The molecule has 0 fully saturated rings. The number of benzene rings is 2. The van der Waals surface area contributed by atoms with Gasteiger partial charge in [0.05, 0.1) is 13.2 Å². The molecule has 0 aliphatic heterocycles. The molecule has 0 unspecified atom stereocenters. The fraction of sp³-hybridized carbons (Fsp3) is 0.409. The number of rotatable bonds is 7. The number of hydrogen-bond donors (Lipinski definition) is 1. The summed E-state index contributed by atoms with van der Waals surface area (Å²) in [5.41, 5.74) is 4.81. The summed E-state index contributed by atoms with van der Waals surface area (Å²) in [5, 5.41) is 3.09. The van der Waals surface area contributed by atoms with Crippen LogP contribution >= 0.6 is 0 Å². The van der Waals surface area contributed by atoms with E-state index in [1.807, 2.05) is 32.0 Å². The van der Waals surface area contributed by atoms with Crippen molar-refractivity contribution in [1.29, 1.82) is 0 Å². The largest absolute Gasteiger partial charge is 0.497 e. The van der Waals surface area contributed by atoms with Crippen molar-refractivity contribution in [1.82, 2.24) is 5.32 Å². The van der Waals surface area contributed by atoms with Gasteiger partial charge in [-0.15, -0.1) is 0 Å². The molecule has 0 heterocycles. The van der Waals surface area contributed by atoms with Gasteiger partial charge in [0.1, 0.15) is 11.5 Å². The number of aryl methyl sites for hydroxylation is 3. The minimum atomic E-state index is -0.545. The summed E-state index contributed by atoms with van der Waals surface area (Å²) >= 11 is 0. The average molecular weight is 355 g/mol. The first kappa shape index (κ1) is 19.8. The SMILES string of the molecule is CC[C@H](Oc1cccc(OC)c1)C(=O)N[C@H](C)c1cc(C)c(C)cc1C. The lowest BCUT2D eigenvalue weighted by atomic mass is 9.96. The van der Waals surface area contributed by atoms with Crippen LogP contribution in [0, 0.1) is 20.8 Å². The third kappa shape index (κ3) is 4.78. The molecule has 1 N–H and O–H groups in total. The summed E-state index contributed by atoms with van der Waals surface area (Å²) in [7, 11) is 1.61. The molecule has 1 amide bonds. The highest BCUT2D eigenvalue weighted by molar-refractivity contribution is 5.81. The fourth-order valence-electron chi connectivity index (χ4n) is 2.99. The van der Waals surface area contributed by atoms with Crippen LogP contribution in [-0.2, 0) is 4.79 Å². The van der Waals surface area contributed by atoms with E-state index < -0.39 is 6.10 Å². The van der Waals surface area contributed by atoms with E-state index in [4.69, 9.17) is 9.47 Å². The molecule has 0 aromatic heterocycles. The molecule has 140 valence electrons. The smallest absolute Gasteiger partial charge is 0.261 e. The van der Waals surface area contributed by atoms with Crippen LogP contribution in [0.5, 0.6) is 11.5 Å². The standard InChI is InChI=1S/C22H29NO3/c1-7-21(26-19-10-8-9-18(13-19)25-6)22(24)23-17(5)20-12-15(3)14(2)11-16(20)4/h8-13,17,21H,7H2,1-6H3,(H,23,24)/t17-,21+/m1/s1. The first-order chi connectivity index (χ1) is 12.3. The van der Waals surface area contributed by atoms with Gasteiger partial charge in [0.25, 0.3) is 5.91 Å².